The summed E-state index contributed by atoms with van der Waals surface area (Å²) in [6, 6.07) is 12.8. The van der Waals surface area contributed by atoms with Gasteiger partial charge in [-0.05, 0) is 35.4 Å². The minimum atomic E-state index is -0.213. The van der Waals surface area contributed by atoms with Crippen LogP contribution in [-0.2, 0) is 6.54 Å². The first-order valence-electron chi connectivity index (χ1n) is 6.62. The SMILES string of the molecule is COc1cccc(N2Cc3ccc(F)cc3C2CN)c1. The minimum absolute atomic E-state index is 0.00723. The molecule has 3 rings (SSSR count). The summed E-state index contributed by atoms with van der Waals surface area (Å²) in [5, 5.41) is 0. The van der Waals surface area contributed by atoms with E-state index in [1.54, 1.807) is 13.2 Å². The highest BCUT2D eigenvalue weighted by molar-refractivity contribution is 5.57. The van der Waals surface area contributed by atoms with Crippen LogP contribution < -0.4 is 15.4 Å². The number of nitrogens with two attached hydrogens (primary N) is 1. The van der Waals surface area contributed by atoms with Crippen LogP contribution in [0.5, 0.6) is 5.75 Å². The van der Waals surface area contributed by atoms with Crippen molar-refractivity contribution in [3.8, 4) is 5.75 Å². The van der Waals surface area contributed by atoms with Gasteiger partial charge in [-0.2, -0.15) is 0 Å². The molecule has 0 saturated carbocycles. The summed E-state index contributed by atoms with van der Waals surface area (Å²) in [6.45, 7) is 1.19. The summed E-state index contributed by atoms with van der Waals surface area (Å²) < 4.78 is 18.7. The summed E-state index contributed by atoms with van der Waals surface area (Å²) in [6.07, 6.45) is 0. The number of rotatable bonds is 3. The van der Waals surface area contributed by atoms with Gasteiger partial charge in [0.15, 0.2) is 0 Å². The van der Waals surface area contributed by atoms with Gasteiger partial charge in [0, 0.05) is 24.8 Å². The summed E-state index contributed by atoms with van der Waals surface area (Å²) in [4.78, 5) is 2.19. The smallest absolute Gasteiger partial charge is 0.123 e. The molecule has 1 aliphatic heterocycles. The van der Waals surface area contributed by atoms with Crippen LogP contribution in [0.25, 0.3) is 0 Å². The monoisotopic (exact) mass is 272 g/mol. The fraction of sp³-hybridized carbons (Fsp3) is 0.250. The van der Waals surface area contributed by atoms with E-state index in [4.69, 9.17) is 10.5 Å². The molecule has 104 valence electrons. The van der Waals surface area contributed by atoms with Crippen molar-refractivity contribution in [3.63, 3.8) is 0 Å². The molecule has 0 fully saturated rings. The van der Waals surface area contributed by atoms with Crippen LogP contribution in [0.3, 0.4) is 0 Å². The molecule has 20 heavy (non-hydrogen) atoms. The van der Waals surface area contributed by atoms with Gasteiger partial charge in [-0.1, -0.05) is 12.1 Å². The van der Waals surface area contributed by atoms with E-state index in [2.05, 4.69) is 4.90 Å². The van der Waals surface area contributed by atoms with Gasteiger partial charge >= 0.3 is 0 Å². The molecule has 0 spiro atoms. The molecule has 0 saturated heterocycles. The third-order valence-electron chi connectivity index (χ3n) is 3.79. The van der Waals surface area contributed by atoms with Crippen molar-refractivity contribution in [2.24, 2.45) is 5.73 Å². The molecule has 0 aromatic heterocycles. The maximum atomic E-state index is 13.4. The Morgan fingerprint density at radius 3 is 2.90 bits per heavy atom. The van der Waals surface area contributed by atoms with Gasteiger partial charge < -0.3 is 15.4 Å². The highest BCUT2D eigenvalue weighted by atomic mass is 19.1. The van der Waals surface area contributed by atoms with E-state index in [1.165, 1.54) is 6.07 Å². The van der Waals surface area contributed by atoms with Crippen molar-refractivity contribution in [1.29, 1.82) is 0 Å². The van der Waals surface area contributed by atoms with E-state index >= 15 is 0 Å². The van der Waals surface area contributed by atoms with Crippen molar-refractivity contribution in [3.05, 3.63) is 59.4 Å². The molecule has 0 amide bonds. The third kappa shape index (κ3) is 2.12. The molecule has 2 aromatic carbocycles. The average Bonchev–Trinajstić information content (AvgIpc) is 2.85. The number of fused-ring (bicyclic) bond motifs is 1. The average molecular weight is 272 g/mol. The Morgan fingerprint density at radius 2 is 2.15 bits per heavy atom. The molecule has 4 heteroatoms. The molecular weight excluding hydrogens is 255 g/mol. The maximum absolute atomic E-state index is 13.4. The predicted octanol–water partition coefficient (Wildman–Crippen LogP) is 2.85. The molecule has 2 aromatic rings. The topological polar surface area (TPSA) is 38.5 Å². The van der Waals surface area contributed by atoms with E-state index in [0.29, 0.717) is 6.54 Å². The van der Waals surface area contributed by atoms with Crippen LogP contribution >= 0.6 is 0 Å². The first kappa shape index (κ1) is 12.9. The first-order chi connectivity index (χ1) is 9.72. The fourth-order valence-electron chi connectivity index (χ4n) is 2.80. The number of hydrogen-bond acceptors (Lipinski definition) is 3. The largest absolute Gasteiger partial charge is 0.497 e. The van der Waals surface area contributed by atoms with Crippen molar-refractivity contribution < 1.29 is 9.13 Å². The number of nitrogens with zero attached hydrogens (tertiary/aromatic N) is 1. The van der Waals surface area contributed by atoms with Gasteiger partial charge in [0.05, 0.1) is 13.2 Å². The lowest BCUT2D eigenvalue weighted by Gasteiger charge is -2.26. The van der Waals surface area contributed by atoms with Crippen molar-refractivity contribution in [2.45, 2.75) is 12.6 Å². The molecule has 0 radical (unpaired) electrons. The fourth-order valence-corrected chi connectivity index (χ4v) is 2.80. The molecule has 0 bridgehead atoms. The number of anilines is 1. The Balaban J connectivity index is 1.99. The van der Waals surface area contributed by atoms with Crippen LogP contribution in [0, 0.1) is 5.82 Å². The van der Waals surface area contributed by atoms with Crippen LogP contribution in [0.2, 0.25) is 0 Å². The summed E-state index contributed by atoms with van der Waals surface area (Å²) >= 11 is 0. The Hall–Kier alpha value is -2.07. The molecule has 0 aliphatic carbocycles. The Kier molecular flexibility index (Phi) is 3.32. The lowest BCUT2D eigenvalue weighted by atomic mass is 10.0. The molecule has 1 heterocycles. The number of benzene rings is 2. The van der Waals surface area contributed by atoms with Gasteiger partial charge in [0.1, 0.15) is 11.6 Å². The highest BCUT2D eigenvalue weighted by Crippen LogP contribution is 2.38. The summed E-state index contributed by atoms with van der Waals surface area (Å²) in [5.41, 5.74) is 9.05. The van der Waals surface area contributed by atoms with Gasteiger partial charge in [-0.3, -0.25) is 0 Å². The Bertz CT molecular complexity index is 630. The zero-order valence-electron chi connectivity index (χ0n) is 11.3. The summed E-state index contributed by atoms with van der Waals surface area (Å²) in [7, 11) is 1.65. The van der Waals surface area contributed by atoms with E-state index in [0.717, 1.165) is 29.1 Å². The van der Waals surface area contributed by atoms with Crippen LogP contribution in [0.15, 0.2) is 42.5 Å². The zero-order chi connectivity index (χ0) is 14.1. The van der Waals surface area contributed by atoms with Gasteiger partial charge in [0.25, 0.3) is 0 Å². The van der Waals surface area contributed by atoms with Gasteiger partial charge in [-0.15, -0.1) is 0 Å². The Labute approximate surface area is 117 Å². The minimum Gasteiger partial charge on any atom is -0.497 e. The third-order valence-corrected chi connectivity index (χ3v) is 3.79. The molecule has 2 N–H and O–H groups in total. The van der Waals surface area contributed by atoms with E-state index in [-0.39, 0.29) is 11.9 Å². The molecule has 1 unspecified atom stereocenters. The van der Waals surface area contributed by atoms with Crippen molar-refractivity contribution in [1.82, 2.24) is 0 Å². The van der Waals surface area contributed by atoms with Gasteiger partial charge in [0.2, 0.25) is 0 Å². The first-order valence-corrected chi connectivity index (χ1v) is 6.62. The molecule has 1 atom stereocenters. The predicted molar refractivity (Wildman–Crippen MR) is 77.4 cm³/mol. The number of ether oxygens (including phenoxy) is 1. The highest BCUT2D eigenvalue weighted by Gasteiger charge is 2.29. The zero-order valence-corrected chi connectivity index (χ0v) is 11.3. The number of methoxy groups -OCH3 is 1. The maximum Gasteiger partial charge on any atom is 0.123 e. The number of hydrogen-bond donors (Lipinski definition) is 1. The lowest BCUT2D eigenvalue weighted by Crippen LogP contribution is -2.27. The molecular formula is C16H17FN2O. The van der Waals surface area contributed by atoms with Gasteiger partial charge in [-0.25, -0.2) is 4.39 Å². The standard InChI is InChI=1S/C16H17FN2O/c1-20-14-4-2-3-13(8-14)19-10-11-5-6-12(17)7-15(11)16(19)9-18/h2-8,16H,9-10,18H2,1H3. The second-order valence-electron chi connectivity index (χ2n) is 4.92. The second kappa shape index (κ2) is 5.13. The van der Waals surface area contributed by atoms with Crippen LogP contribution in [0.1, 0.15) is 17.2 Å². The van der Waals surface area contributed by atoms with E-state index < -0.39 is 0 Å². The normalized spacial score (nSPS) is 17.1. The van der Waals surface area contributed by atoms with Crippen molar-refractivity contribution >= 4 is 5.69 Å². The van der Waals surface area contributed by atoms with Crippen LogP contribution in [-0.4, -0.2) is 13.7 Å². The summed E-state index contributed by atoms with van der Waals surface area (Å²) in [5.74, 6) is 0.593. The molecule has 3 nitrogen and oxygen atoms in total. The van der Waals surface area contributed by atoms with E-state index in [1.807, 2.05) is 30.3 Å². The lowest BCUT2D eigenvalue weighted by molar-refractivity contribution is 0.414. The molecule has 1 aliphatic rings. The van der Waals surface area contributed by atoms with E-state index in [9.17, 15) is 4.39 Å². The Morgan fingerprint density at radius 1 is 1.30 bits per heavy atom. The second-order valence-corrected chi connectivity index (χ2v) is 4.92. The number of halogens is 1. The van der Waals surface area contributed by atoms with Crippen molar-refractivity contribution in [2.75, 3.05) is 18.6 Å². The van der Waals surface area contributed by atoms with Crippen LogP contribution in [0.4, 0.5) is 10.1 Å². The quantitative estimate of drug-likeness (QED) is 0.933.